The van der Waals surface area contributed by atoms with Crippen LogP contribution in [-0.2, 0) is 0 Å². The minimum Gasteiger partial charge on any atom is -0.337 e. The molecule has 3 nitrogen and oxygen atoms in total. The van der Waals surface area contributed by atoms with Gasteiger partial charge in [0.25, 0.3) is 0 Å². The predicted octanol–water partition coefficient (Wildman–Crippen LogP) is 7.83. The van der Waals surface area contributed by atoms with Crippen LogP contribution < -0.4 is 4.90 Å². The Morgan fingerprint density at radius 3 is 2.35 bits per heavy atom. The highest BCUT2D eigenvalue weighted by Gasteiger charge is 2.26. The molecule has 0 fully saturated rings. The molecular weight excluding hydrogens is 445 g/mol. The van der Waals surface area contributed by atoms with Crippen molar-refractivity contribution in [3.63, 3.8) is 0 Å². The number of pyridine rings is 1. The Kier molecular flexibility index (Phi) is 6.91. The van der Waals surface area contributed by atoms with Crippen molar-refractivity contribution >= 4 is 39.7 Å². The van der Waals surface area contributed by atoms with E-state index in [4.69, 9.17) is 28.2 Å². The molecule has 4 rings (SSSR count). The molecule has 0 bridgehead atoms. The van der Waals surface area contributed by atoms with Gasteiger partial charge in [0.2, 0.25) is 0 Å². The van der Waals surface area contributed by atoms with Crippen molar-refractivity contribution in [1.29, 1.82) is 0 Å². The smallest absolute Gasteiger partial charge is 0.186 e. The predicted molar refractivity (Wildman–Crippen MR) is 132 cm³/mol. The fourth-order valence-electron chi connectivity index (χ4n) is 3.75. The number of aromatic nitrogens is 2. The van der Waals surface area contributed by atoms with E-state index in [1.165, 1.54) is 11.1 Å². The third kappa shape index (κ3) is 4.77. The normalized spacial score (nSPS) is 12.0. The molecule has 2 aromatic heterocycles. The maximum atomic E-state index is 6.50. The summed E-state index contributed by atoms with van der Waals surface area (Å²) in [4.78, 5) is 12.8. The van der Waals surface area contributed by atoms with Crippen molar-refractivity contribution in [1.82, 2.24) is 9.97 Å². The lowest BCUT2D eigenvalue weighted by atomic mass is 9.98. The zero-order valence-electron chi connectivity index (χ0n) is 17.4. The molecule has 0 spiro atoms. The number of thiazole rings is 1. The number of rotatable bonds is 7. The number of benzene rings is 2. The van der Waals surface area contributed by atoms with Crippen molar-refractivity contribution in [2.24, 2.45) is 0 Å². The second kappa shape index (κ2) is 9.82. The van der Waals surface area contributed by atoms with Crippen LogP contribution >= 0.6 is 34.5 Å². The zero-order valence-corrected chi connectivity index (χ0v) is 19.8. The molecule has 0 saturated heterocycles. The molecule has 2 heterocycles. The Morgan fingerprint density at radius 1 is 0.968 bits per heavy atom. The number of nitrogens with zero attached hydrogens (tertiary/aromatic N) is 3. The average Bonchev–Trinajstić information content (AvgIpc) is 3.16. The van der Waals surface area contributed by atoms with Gasteiger partial charge in [-0.3, -0.25) is 4.98 Å². The van der Waals surface area contributed by atoms with Gasteiger partial charge in [-0.25, -0.2) is 4.98 Å². The molecule has 158 valence electrons. The fraction of sp³-hybridized carbons (Fsp3) is 0.200. The van der Waals surface area contributed by atoms with Gasteiger partial charge in [0.15, 0.2) is 5.13 Å². The number of halogens is 2. The van der Waals surface area contributed by atoms with E-state index < -0.39 is 0 Å². The van der Waals surface area contributed by atoms with Crippen LogP contribution in [0.2, 0.25) is 10.0 Å². The Labute approximate surface area is 197 Å². The largest absolute Gasteiger partial charge is 0.337 e. The molecule has 0 radical (unpaired) electrons. The Morgan fingerprint density at radius 2 is 1.68 bits per heavy atom. The van der Waals surface area contributed by atoms with Crippen LogP contribution in [0.5, 0.6) is 0 Å². The Hall–Kier alpha value is -2.40. The quantitative estimate of drug-likeness (QED) is 0.277. The van der Waals surface area contributed by atoms with Gasteiger partial charge < -0.3 is 4.90 Å². The molecule has 0 aliphatic carbocycles. The minimum atomic E-state index is 0.0447. The summed E-state index contributed by atoms with van der Waals surface area (Å²) >= 11 is 14.3. The van der Waals surface area contributed by atoms with E-state index in [-0.39, 0.29) is 6.04 Å². The van der Waals surface area contributed by atoms with E-state index in [1.807, 2.05) is 30.6 Å². The molecule has 0 aliphatic rings. The van der Waals surface area contributed by atoms with Crippen molar-refractivity contribution < 1.29 is 0 Å². The van der Waals surface area contributed by atoms with Crippen LogP contribution in [0.4, 0.5) is 5.13 Å². The van der Waals surface area contributed by atoms with Gasteiger partial charge in [0.1, 0.15) is 0 Å². The topological polar surface area (TPSA) is 29.0 Å². The lowest BCUT2D eigenvalue weighted by molar-refractivity contribution is 0.685. The van der Waals surface area contributed by atoms with Crippen molar-refractivity contribution in [3.05, 3.63) is 99.1 Å². The highest BCUT2D eigenvalue weighted by atomic mass is 35.5. The van der Waals surface area contributed by atoms with Crippen LogP contribution in [0.15, 0.2) is 73.1 Å². The number of aryl methyl sites for hydroxylation is 1. The maximum Gasteiger partial charge on any atom is 0.186 e. The Balaban J connectivity index is 1.82. The molecule has 6 heteroatoms. The molecule has 0 N–H and O–H groups in total. The molecule has 0 amide bonds. The second-order valence-corrected chi connectivity index (χ2v) is 9.34. The zero-order chi connectivity index (χ0) is 21.8. The monoisotopic (exact) mass is 467 g/mol. The highest BCUT2D eigenvalue weighted by molar-refractivity contribution is 7.16. The minimum absolute atomic E-state index is 0.0447. The first-order valence-electron chi connectivity index (χ1n) is 10.2. The lowest BCUT2D eigenvalue weighted by Gasteiger charge is -2.32. The summed E-state index contributed by atoms with van der Waals surface area (Å²) in [6.45, 7) is 5.16. The van der Waals surface area contributed by atoms with Crippen LogP contribution in [0, 0.1) is 6.92 Å². The molecule has 4 aromatic rings. The van der Waals surface area contributed by atoms with Crippen molar-refractivity contribution in [2.45, 2.75) is 26.3 Å². The number of hydrogen-bond acceptors (Lipinski definition) is 4. The SMILES string of the molecule is CCCN(c1nc(-c2ccc(Cl)cc2Cl)c(C)s1)C(c1ccccc1)c1ccncc1. The van der Waals surface area contributed by atoms with E-state index >= 15 is 0 Å². The van der Waals surface area contributed by atoms with E-state index in [1.54, 1.807) is 17.4 Å². The standard InChI is InChI=1S/C25H23Cl2N3S/c1-3-15-30(24(18-7-5-4-6-8-18)19-11-13-28-14-12-19)25-29-23(17(2)31-25)21-10-9-20(26)16-22(21)27/h4-14,16,24H,3,15H2,1-2H3. The summed E-state index contributed by atoms with van der Waals surface area (Å²) < 4.78 is 0. The Bertz CT molecular complexity index is 1110. The van der Waals surface area contributed by atoms with Gasteiger partial charge in [-0.15, -0.1) is 11.3 Å². The molecule has 1 atom stereocenters. The maximum absolute atomic E-state index is 6.50. The van der Waals surface area contributed by atoms with E-state index in [0.29, 0.717) is 10.0 Å². The van der Waals surface area contributed by atoms with E-state index in [9.17, 15) is 0 Å². The van der Waals surface area contributed by atoms with Crippen molar-refractivity contribution in [2.75, 3.05) is 11.4 Å². The van der Waals surface area contributed by atoms with Gasteiger partial charge >= 0.3 is 0 Å². The highest BCUT2D eigenvalue weighted by Crippen LogP contribution is 2.40. The molecule has 0 saturated carbocycles. The summed E-state index contributed by atoms with van der Waals surface area (Å²) in [5.74, 6) is 0. The van der Waals surface area contributed by atoms with Gasteiger partial charge in [0, 0.05) is 34.4 Å². The number of anilines is 1. The molecule has 2 aromatic carbocycles. The van der Waals surface area contributed by atoms with Crippen LogP contribution in [-0.4, -0.2) is 16.5 Å². The third-order valence-electron chi connectivity index (χ3n) is 5.13. The lowest BCUT2D eigenvalue weighted by Crippen LogP contribution is -2.30. The first-order chi connectivity index (χ1) is 15.1. The second-order valence-electron chi connectivity index (χ2n) is 7.31. The summed E-state index contributed by atoms with van der Waals surface area (Å²) in [6.07, 6.45) is 4.70. The average molecular weight is 468 g/mol. The van der Waals surface area contributed by atoms with Gasteiger partial charge in [-0.1, -0.05) is 60.5 Å². The van der Waals surface area contributed by atoms with Crippen LogP contribution in [0.3, 0.4) is 0 Å². The molecule has 31 heavy (non-hydrogen) atoms. The van der Waals surface area contributed by atoms with Gasteiger partial charge in [-0.2, -0.15) is 0 Å². The molecule has 1 unspecified atom stereocenters. The van der Waals surface area contributed by atoms with Gasteiger partial charge in [-0.05, 0) is 54.8 Å². The third-order valence-corrected chi connectivity index (χ3v) is 6.69. The van der Waals surface area contributed by atoms with Crippen molar-refractivity contribution in [3.8, 4) is 11.3 Å². The first-order valence-corrected chi connectivity index (χ1v) is 11.8. The van der Waals surface area contributed by atoms with Gasteiger partial charge in [0.05, 0.1) is 16.8 Å². The van der Waals surface area contributed by atoms with Crippen LogP contribution in [0.1, 0.15) is 35.4 Å². The fourth-order valence-corrected chi connectivity index (χ4v) is 5.22. The number of hydrogen-bond donors (Lipinski definition) is 0. The summed E-state index contributed by atoms with van der Waals surface area (Å²) in [5, 5.41) is 2.21. The van der Waals surface area contributed by atoms with E-state index in [2.05, 4.69) is 60.1 Å². The molecule has 0 aliphatic heterocycles. The summed E-state index contributed by atoms with van der Waals surface area (Å²) in [5.41, 5.74) is 4.22. The summed E-state index contributed by atoms with van der Waals surface area (Å²) in [6, 6.07) is 20.3. The van der Waals surface area contributed by atoms with Crippen LogP contribution in [0.25, 0.3) is 11.3 Å². The summed E-state index contributed by atoms with van der Waals surface area (Å²) in [7, 11) is 0. The first kappa shape index (κ1) is 21.8. The van der Waals surface area contributed by atoms with E-state index in [0.717, 1.165) is 34.2 Å². The molecular formula is C25H23Cl2N3S.